The number of carbonyl (C=O) groups excluding carboxylic acids is 1. The second-order valence-corrected chi connectivity index (χ2v) is 5.14. The van der Waals surface area contributed by atoms with Crippen molar-refractivity contribution in [2.45, 2.75) is 25.3 Å². The molecule has 5 heteroatoms. The number of pyridine rings is 1. The topological polar surface area (TPSA) is 57.3 Å². The van der Waals surface area contributed by atoms with Crippen molar-refractivity contribution in [3.63, 3.8) is 0 Å². The molecule has 5 nitrogen and oxygen atoms in total. The smallest absolute Gasteiger partial charge is 0.272 e. The first-order valence-corrected chi connectivity index (χ1v) is 6.82. The van der Waals surface area contributed by atoms with Crippen molar-refractivity contribution in [1.29, 1.82) is 0 Å². The Kier molecular flexibility index (Phi) is 4.74. The van der Waals surface area contributed by atoms with Gasteiger partial charge in [0.25, 0.3) is 5.91 Å². The summed E-state index contributed by atoms with van der Waals surface area (Å²) in [6.45, 7) is 2.05. The highest BCUT2D eigenvalue weighted by Gasteiger charge is 2.13. The van der Waals surface area contributed by atoms with Gasteiger partial charge in [-0.3, -0.25) is 9.78 Å². The first kappa shape index (κ1) is 13.8. The van der Waals surface area contributed by atoms with Crippen LogP contribution in [0.5, 0.6) is 0 Å². The standard InChI is InChI=1S/C14H22N4O/c1-18(2)14(19)13-10-12(6-9-17-13)16-8-5-11-4-3-7-15-11/h6,9-11,15H,3-5,7-8H2,1-2H3,(H,16,17)/t11-/m1/s1. The molecular formula is C14H22N4O. The zero-order chi connectivity index (χ0) is 13.7. The zero-order valence-corrected chi connectivity index (χ0v) is 11.6. The van der Waals surface area contributed by atoms with E-state index in [1.807, 2.05) is 12.1 Å². The summed E-state index contributed by atoms with van der Waals surface area (Å²) in [4.78, 5) is 17.4. The monoisotopic (exact) mass is 262 g/mol. The summed E-state index contributed by atoms with van der Waals surface area (Å²) < 4.78 is 0. The van der Waals surface area contributed by atoms with Gasteiger partial charge in [-0.1, -0.05) is 0 Å². The molecule has 0 radical (unpaired) electrons. The maximum Gasteiger partial charge on any atom is 0.272 e. The van der Waals surface area contributed by atoms with Gasteiger partial charge in [-0.15, -0.1) is 0 Å². The first-order valence-electron chi connectivity index (χ1n) is 6.82. The second-order valence-electron chi connectivity index (χ2n) is 5.14. The number of rotatable bonds is 5. The lowest BCUT2D eigenvalue weighted by molar-refractivity contribution is 0.0822. The number of anilines is 1. The third-order valence-corrected chi connectivity index (χ3v) is 3.37. The van der Waals surface area contributed by atoms with Crippen molar-refractivity contribution >= 4 is 11.6 Å². The van der Waals surface area contributed by atoms with Crippen LogP contribution in [0.1, 0.15) is 29.8 Å². The summed E-state index contributed by atoms with van der Waals surface area (Å²) in [6, 6.07) is 4.34. The molecule has 1 aliphatic rings. The largest absolute Gasteiger partial charge is 0.385 e. The SMILES string of the molecule is CN(C)C(=O)c1cc(NCC[C@H]2CCCN2)ccn1. The Hall–Kier alpha value is -1.62. The van der Waals surface area contributed by atoms with Gasteiger partial charge in [0.1, 0.15) is 5.69 Å². The quantitative estimate of drug-likeness (QED) is 0.840. The molecule has 1 aromatic heterocycles. The summed E-state index contributed by atoms with van der Waals surface area (Å²) in [5, 5.41) is 6.83. The van der Waals surface area contributed by atoms with Crippen LogP contribution in [-0.2, 0) is 0 Å². The van der Waals surface area contributed by atoms with Crippen molar-refractivity contribution in [2.24, 2.45) is 0 Å². The van der Waals surface area contributed by atoms with Crippen LogP contribution in [-0.4, -0.2) is 49.0 Å². The van der Waals surface area contributed by atoms with Gasteiger partial charge < -0.3 is 15.5 Å². The lowest BCUT2D eigenvalue weighted by atomic mass is 10.1. The van der Waals surface area contributed by atoms with Crippen LogP contribution in [0, 0.1) is 0 Å². The van der Waals surface area contributed by atoms with Gasteiger partial charge in [-0.25, -0.2) is 0 Å². The van der Waals surface area contributed by atoms with Crippen LogP contribution >= 0.6 is 0 Å². The summed E-state index contributed by atoms with van der Waals surface area (Å²) in [5.74, 6) is -0.0684. The Morgan fingerprint density at radius 2 is 2.42 bits per heavy atom. The number of hydrogen-bond donors (Lipinski definition) is 2. The molecule has 1 atom stereocenters. The molecule has 0 bridgehead atoms. The number of hydrogen-bond acceptors (Lipinski definition) is 4. The summed E-state index contributed by atoms with van der Waals surface area (Å²) in [6.07, 6.45) is 5.33. The van der Waals surface area contributed by atoms with Crippen molar-refractivity contribution in [3.05, 3.63) is 24.0 Å². The molecule has 0 aliphatic carbocycles. The molecule has 0 aromatic carbocycles. The van der Waals surface area contributed by atoms with E-state index in [0.29, 0.717) is 11.7 Å². The normalized spacial score (nSPS) is 18.3. The molecule has 0 spiro atoms. The minimum Gasteiger partial charge on any atom is -0.385 e. The van der Waals surface area contributed by atoms with E-state index in [2.05, 4.69) is 15.6 Å². The summed E-state index contributed by atoms with van der Waals surface area (Å²) in [7, 11) is 3.46. The average Bonchev–Trinajstić information content (AvgIpc) is 2.91. The van der Waals surface area contributed by atoms with Crippen LogP contribution in [0.2, 0.25) is 0 Å². The third kappa shape index (κ3) is 3.92. The first-order chi connectivity index (χ1) is 9.16. The molecule has 2 heterocycles. The van der Waals surface area contributed by atoms with Gasteiger partial charge in [0, 0.05) is 38.6 Å². The highest BCUT2D eigenvalue weighted by Crippen LogP contribution is 2.12. The van der Waals surface area contributed by atoms with Crippen LogP contribution in [0.4, 0.5) is 5.69 Å². The Morgan fingerprint density at radius 3 is 3.11 bits per heavy atom. The molecule has 2 N–H and O–H groups in total. The Labute approximate surface area is 114 Å². The highest BCUT2D eigenvalue weighted by molar-refractivity contribution is 5.92. The molecule has 1 aromatic rings. The van der Waals surface area contributed by atoms with Crippen LogP contribution in [0.15, 0.2) is 18.3 Å². The lowest BCUT2D eigenvalue weighted by Crippen LogP contribution is -2.24. The minimum absolute atomic E-state index is 0.0684. The Balaban J connectivity index is 1.86. The van der Waals surface area contributed by atoms with Gasteiger partial charge in [0.05, 0.1) is 0 Å². The van der Waals surface area contributed by atoms with Crippen molar-refractivity contribution < 1.29 is 4.79 Å². The van der Waals surface area contributed by atoms with E-state index in [9.17, 15) is 4.79 Å². The van der Waals surface area contributed by atoms with Gasteiger partial charge in [0.15, 0.2) is 0 Å². The predicted molar refractivity (Wildman–Crippen MR) is 76.4 cm³/mol. The summed E-state index contributed by atoms with van der Waals surface area (Å²) >= 11 is 0. The number of nitrogens with zero attached hydrogens (tertiary/aromatic N) is 2. The molecule has 1 saturated heterocycles. The van der Waals surface area contributed by atoms with Gasteiger partial charge in [0.2, 0.25) is 0 Å². The number of carbonyl (C=O) groups is 1. The highest BCUT2D eigenvalue weighted by atomic mass is 16.2. The molecule has 2 rings (SSSR count). The predicted octanol–water partition coefficient (Wildman–Crippen LogP) is 1.34. The molecular weight excluding hydrogens is 240 g/mol. The van der Waals surface area contributed by atoms with Crippen LogP contribution in [0.3, 0.4) is 0 Å². The Bertz CT molecular complexity index is 427. The fourth-order valence-electron chi connectivity index (χ4n) is 2.28. The van der Waals surface area contributed by atoms with E-state index < -0.39 is 0 Å². The molecule has 0 saturated carbocycles. The van der Waals surface area contributed by atoms with Crippen LogP contribution in [0.25, 0.3) is 0 Å². The number of amides is 1. The molecule has 1 amide bonds. The maximum atomic E-state index is 11.8. The zero-order valence-electron chi connectivity index (χ0n) is 11.6. The van der Waals surface area contributed by atoms with E-state index in [0.717, 1.165) is 25.2 Å². The third-order valence-electron chi connectivity index (χ3n) is 3.37. The molecule has 1 aliphatic heterocycles. The number of nitrogens with one attached hydrogen (secondary N) is 2. The van der Waals surface area contributed by atoms with Gasteiger partial charge >= 0.3 is 0 Å². The molecule has 19 heavy (non-hydrogen) atoms. The van der Waals surface area contributed by atoms with Crippen LogP contribution < -0.4 is 10.6 Å². The second kappa shape index (κ2) is 6.52. The van der Waals surface area contributed by atoms with Gasteiger partial charge in [-0.05, 0) is 37.9 Å². The average molecular weight is 262 g/mol. The van der Waals surface area contributed by atoms with Gasteiger partial charge in [-0.2, -0.15) is 0 Å². The van der Waals surface area contributed by atoms with E-state index in [-0.39, 0.29) is 5.91 Å². The molecule has 104 valence electrons. The molecule has 1 fully saturated rings. The maximum absolute atomic E-state index is 11.8. The van der Waals surface area contributed by atoms with Crippen molar-refractivity contribution in [1.82, 2.24) is 15.2 Å². The van der Waals surface area contributed by atoms with E-state index in [1.54, 1.807) is 20.3 Å². The molecule has 0 unspecified atom stereocenters. The fourth-order valence-corrected chi connectivity index (χ4v) is 2.28. The lowest BCUT2D eigenvalue weighted by Gasteiger charge is -2.13. The van der Waals surface area contributed by atoms with E-state index in [1.165, 1.54) is 17.7 Å². The van der Waals surface area contributed by atoms with E-state index in [4.69, 9.17) is 0 Å². The van der Waals surface area contributed by atoms with E-state index >= 15 is 0 Å². The van der Waals surface area contributed by atoms with Crippen molar-refractivity contribution in [3.8, 4) is 0 Å². The summed E-state index contributed by atoms with van der Waals surface area (Å²) in [5.41, 5.74) is 1.44. The van der Waals surface area contributed by atoms with Crippen molar-refractivity contribution in [2.75, 3.05) is 32.5 Å². The number of aromatic nitrogens is 1. The Morgan fingerprint density at radius 1 is 1.58 bits per heavy atom. The fraction of sp³-hybridized carbons (Fsp3) is 0.571. The minimum atomic E-state index is -0.0684.